The molecule has 0 amide bonds. The van der Waals surface area contributed by atoms with Crippen molar-refractivity contribution in [2.24, 2.45) is 11.3 Å². The first-order chi connectivity index (χ1) is 15.1. The molecule has 1 N–H and O–H groups in total. The number of rotatable bonds is 4. The molecule has 1 aromatic heterocycles. The van der Waals surface area contributed by atoms with Gasteiger partial charge in [0.25, 0.3) is 0 Å². The number of hydrogen-bond acceptors (Lipinski definition) is 6. The molecule has 1 saturated carbocycles. The zero-order valence-electron chi connectivity index (χ0n) is 20.4. The zero-order valence-corrected chi connectivity index (χ0v) is 20.4. The molecule has 4 heterocycles. The van der Waals surface area contributed by atoms with E-state index >= 15 is 0 Å². The molecule has 6 heteroatoms. The summed E-state index contributed by atoms with van der Waals surface area (Å²) in [5.74, 6) is 1.64. The number of piperazine rings is 1. The van der Waals surface area contributed by atoms with Crippen molar-refractivity contribution in [3.05, 3.63) is 18.0 Å². The van der Waals surface area contributed by atoms with Gasteiger partial charge < -0.3 is 10.2 Å². The molecule has 3 aliphatic heterocycles. The SMILES string of the molecule is CC.CC.CC(=O)C1CC2(CCN(Cc3cnc(N4C5CCC4CNC5)nc3)CC2)C1. The summed E-state index contributed by atoms with van der Waals surface area (Å²) >= 11 is 0. The molecule has 6 nitrogen and oxygen atoms in total. The van der Waals surface area contributed by atoms with Gasteiger partial charge >= 0.3 is 0 Å². The number of nitrogens with one attached hydrogen (secondary N) is 1. The predicted molar refractivity (Wildman–Crippen MR) is 127 cm³/mol. The Morgan fingerprint density at radius 1 is 1.03 bits per heavy atom. The molecule has 2 unspecified atom stereocenters. The summed E-state index contributed by atoms with van der Waals surface area (Å²) in [7, 11) is 0. The second-order valence-corrected chi connectivity index (χ2v) is 9.33. The van der Waals surface area contributed by atoms with Crippen LogP contribution in [0.25, 0.3) is 0 Å². The Kier molecular flexibility index (Phi) is 8.45. The molecular formula is C25H43N5O. The number of carbonyl (C=O) groups excluding carboxylic acids is 1. The molecule has 2 bridgehead atoms. The molecule has 1 aliphatic carbocycles. The van der Waals surface area contributed by atoms with Gasteiger partial charge in [0.05, 0.1) is 0 Å². The van der Waals surface area contributed by atoms with Crippen LogP contribution in [0.15, 0.2) is 12.4 Å². The first-order valence-electron chi connectivity index (χ1n) is 12.6. The number of likely N-dealkylation sites (tertiary alicyclic amines) is 1. The number of nitrogens with zero attached hydrogens (tertiary/aromatic N) is 4. The third-order valence-electron chi connectivity index (χ3n) is 7.56. The first kappa shape index (κ1) is 24.1. The minimum Gasteiger partial charge on any atom is -0.332 e. The van der Waals surface area contributed by atoms with Crippen molar-refractivity contribution >= 4 is 11.7 Å². The van der Waals surface area contributed by atoms with Crippen LogP contribution in [0, 0.1) is 11.3 Å². The Morgan fingerprint density at radius 2 is 1.58 bits per heavy atom. The van der Waals surface area contributed by atoms with E-state index in [2.05, 4.69) is 15.1 Å². The average molecular weight is 430 g/mol. The smallest absolute Gasteiger partial charge is 0.225 e. The lowest BCUT2D eigenvalue weighted by atomic mass is 9.56. The number of carbonyl (C=O) groups is 1. The van der Waals surface area contributed by atoms with Crippen LogP contribution in [0.3, 0.4) is 0 Å². The summed E-state index contributed by atoms with van der Waals surface area (Å²) in [6.45, 7) is 15.1. The predicted octanol–water partition coefficient (Wildman–Crippen LogP) is 4.05. The van der Waals surface area contributed by atoms with Gasteiger partial charge in [0.2, 0.25) is 5.95 Å². The molecule has 174 valence electrons. The molecule has 1 aromatic rings. The van der Waals surface area contributed by atoms with Gasteiger partial charge in [-0.15, -0.1) is 0 Å². The summed E-state index contributed by atoms with van der Waals surface area (Å²) in [6, 6.07) is 1.13. The van der Waals surface area contributed by atoms with Gasteiger partial charge in [0.15, 0.2) is 0 Å². The van der Waals surface area contributed by atoms with Crippen LogP contribution in [0.1, 0.15) is 78.7 Å². The van der Waals surface area contributed by atoms with Crippen molar-refractivity contribution in [3.63, 3.8) is 0 Å². The molecule has 1 spiro atoms. The van der Waals surface area contributed by atoms with Crippen molar-refractivity contribution in [2.75, 3.05) is 31.1 Å². The maximum absolute atomic E-state index is 11.5. The van der Waals surface area contributed by atoms with E-state index in [4.69, 9.17) is 9.97 Å². The van der Waals surface area contributed by atoms with Gasteiger partial charge in [-0.2, -0.15) is 0 Å². The van der Waals surface area contributed by atoms with E-state index in [1.165, 1.54) is 31.2 Å². The number of piperidine rings is 1. The van der Waals surface area contributed by atoms with Gasteiger partial charge in [0, 0.05) is 55.6 Å². The third kappa shape index (κ3) is 5.28. The fourth-order valence-electron chi connectivity index (χ4n) is 5.79. The standard InChI is InChI=1S/C21H31N5O.2C2H6/c1-15(27)17-8-21(9-17)4-6-25(7-5-21)14-16-10-23-20(24-11-16)26-18-2-3-19(26)13-22-12-18;2*1-2/h10-11,17-19,22H,2-9,12-14H2,1H3;2*1-2H3. The van der Waals surface area contributed by atoms with Crippen LogP contribution in [-0.2, 0) is 11.3 Å². The molecular weight excluding hydrogens is 386 g/mol. The fourth-order valence-corrected chi connectivity index (χ4v) is 5.79. The summed E-state index contributed by atoms with van der Waals surface area (Å²) in [6.07, 6.45) is 11.3. The lowest BCUT2D eigenvalue weighted by molar-refractivity contribution is -0.130. The first-order valence-corrected chi connectivity index (χ1v) is 12.6. The number of aromatic nitrogens is 2. The Morgan fingerprint density at radius 3 is 2.10 bits per heavy atom. The maximum Gasteiger partial charge on any atom is 0.225 e. The number of hydrogen-bond donors (Lipinski definition) is 1. The van der Waals surface area contributed by atoms with Crippen LogP contribution in [0.2, 0.25) is 0 Å². The van der Waals surface area contributed by atoms with Crippen LogP contribution in [-0.4, -0.2) is 58.9 Å². The van der Waals surface area contributed by atoms with Crippen molar-refractivity contribution in [1.82, 2.24) is 20.2 Å². The highest BCUT2D eigenvalue weighted by atomic mass is 16.1. The Hall–Kier alpha value is -1.53. The Balaban J connectivity index is 0.000000645. The molecule has 0 radical (unpaired) electrons. The normalized spacial score (nSPS) is 26.9. The van der Waals surface area contributed by atoms with Crippen LogP contribution in [0.5, 0.6) is 0 Å². The van der Waals surface area contributed by atoms with Gasteiger partial charge in [-0.25, -0.2) is 9.97 Å². The van der Waals surface area contributed by atoms with Gasteiger partial charge in [-0.3, -0.25) is 9.69 Å². The van der Waals surface area contributed by atoms with E-state index in [1.807, 2.05) is 40.1 Å². The zero-order chi connectivity index (χ0) is 22.4. The highest BCUT2D eigenvalue weighted by Crippen LogP contribution is 2.52. The molecule has 5 rings (SSSR count). The van der Waals surface area contributed by atoms with Gasteiger partial charge in [-0.05, 0) is 64.0 Å². The van der Waals surface area contributed by atoms with E-state index in [1.54, 1.807) is 6.92 Å². The number of ketones is 1. The molecule has 4 aliphatic rings. The second-order valence-electron chi connectivity index (χ2n) is 9.33. The summed E-state index contributed by atoms with van der Waals surface area (Å²) in [5, 5.41) is 3.51. The Bertz CT molecular complexity index is 674. The van der Waals surface area contributed by atoms with E-state index in [-0.39, 0.29) is 0 Å². The lowest BCUT2D eigenvalue weighted by Gasteiger charge is -2.51. The van der Waals surface area contributed by atoms with Crippen LogP contribution >= 0.6 is 0 Å². The topological polar surface area (TPSA) is 61.4 Å². The largest absolute Gasteiger partial charge is 0.332 e. The molecule has 0 aromatic carbocycles. The quantitative estimate of drug-likeness (QED) is 0.779. The summed E-state index contributed by atoms with van der Waals surface area (Å²) < 4.78 is 0. The van der Waals surface area contributed by atoms with Crippen molar-refractivity contribution < 1.29 is 4.79 Å². The highest BCUT2D eigenvalue weighted by molar-refractivity contribution is 5.79. The fraction of sp³-hybridized carbons (Fsp3) is 0.800. The van der Waals surface area contributed by atoms with Crippen molar-refractivity contribution in [3.8, 4) is 0 Å². The van der Waals surface area contributed by atoms with Crippen LogP contribution < -0.4 is 10.2 Å². The molecule has 3 saturated heterocycles. The second kappa shape index (κ2) is 10.9. The van der Waals surface area contributed by atoms with E-state index in [0.717, 1.165) is 51.5 Å². The monoisotopic (exact) mass is 429 g/mol. The molecule has 4 fully saturated rings. The van der Waals surface area contributed by atoms with Crippen molar-refractivity contribution in [2.45, 2.75) is 91.8 Å². The van der Waals surface area contributed by atoms with E-state index in [9.17, 15) is 4.79 Å². The highest BCUT2D eigenvalue weighted by Gasteiger charge is 2.47. The lowest BCUT2D eigenvalue weighted by Crippen LogP contribution is -2.52. The summed E-state index contributed by atoms with van der Waals surface area (Å²) in [5.41, 5.74) is 1.68. The summed E-state index contributed by atoms with van der Waals surface area (Å²) in [4.78, 5) is 25.9. The van der Waals surface area contributed by atoms with E-state index in [0.29, 0.717) is 29.2 Å². The van der Waals surface area contributed by atoms with Gasteiger partial charge in [0.1, 0.15) is 5.78 Å². The van der Waals surface area contributed by atoms with Crippen LogP contribution in [0.4, 0.5) is 5.95 Å². The minimum absolute atomic E-state index is 0.345. The molecule has 31 heavy (non-hydrogen) atoms. The Labute approximate surface area is 189 Å². The van der Waals surface area contributed by atoms with Crippen molar-refractivity contribution in [1.29, 1.82) is 0 Å². The molecule has 2 atom stereocenters. The van der Waals surface area contributed by atoms with Gasteiger partial charge in [-0.1, -0.05) is 27.7 Å². The average Bonchev–Trinajstić information content (AvgIpc) is 3.04. The third-order valence-corrected chi connectivity index (χ3v) is 7.56. The number of anilines is 1. The minimum atomic E-state index is 0.345. The maximum atomic E-state index is 11.5. The van der Waals surface area contributed by atoms with E-state index < -0.39 is 0 Å². The number of Topliss-reactive ketones (excluding diaryl/α,β-unsaturated/α-hetero) is 1. The number of fused-ring (bicyclic) bond motifs is 2.